The molecule has 0 saturated heterocycles. The molecule has 1 atom stereocenters. The molecule has 0 aliphatic heterocycles. The Morgan fingerprint density at radius 2 is 1.45 bits per heavy atom. The van der Waals surface area contributed by atoms with E-state index < -0.39 is 25.1 Å². The highest BCUT2D eigenvalue weighted by Crippen LogP contribution is 2.34. The van der Waals surface area contributed by atoms with Gasteiger partial charge in [0.2, 0.25) is 10.0 Å². The molecule has 0 amide bonds. The van der Waals surface area contributed by atoms with E-state index in [4.69, 9.17) is 5.14 Å². The summed E-state index contributed by atoms with van der Waals surface area (Å²) in [4.78, 5) is 4.77. The Morgan fingerprint density at radius 3 is 2.00 bits per heavy atom. The molecular weight excluding hydrogens is 452 g/mol. The van der Waals surface area contributed by atoms with Crippen molar-refractivity contribution in [3.05, 3.63) is 83.4 Å². The summed E-state index contributed by atoms with van der Waals surface area (Å²) in [6, 6.07) is 18.9. The summed E-state index contributed by atoms with van der Waals surface area (Å²) in [5.41, 5.74) is 3.86. The van der Waals surface area contributed by atoms with Crippen LogP contribution >= 0.6 is 11.3 Å². The molecule has 4 aromatic rings. The lowest BCUT2D eigenvalue weighted by atomic mass is 10.0. The number of nitrogens with zero attached hydrogens (tertiary/aromatic N) is 1. The van der Waals surface area contributed by atoms with Crippen molar-refractivity contribution in [2.75, 3.05) is 6.26 Å². The van der Waals surface area contributed by atoms with Crippen LogP contribution in [0.5, 0.6) is 0 Å². The van der Waals surface area contributed by atoms with E-state index in [9.17, 15) is 16.8 Å². The summed E-state index contributed by atoms with van der Waals surface area (Å²) in [6.07, 6.45) is 1.10. The van der Waals surface area contributed by atoms with E-state index in [2.05, 4.69) is 11.1 Å². The van der Waals surface area contributed by atoms with Gasteiger partial charge in [0, 0.05) is 11.8 Å². The molecule has 0 bridgehead atoms. The molecule has 0 spiro atoms. The predicted molar refractivity (Wildman–Crippen MR) is 124 cm³/mol. The van der Waals surface area contributed by atoms with Gasteiger partial charge in [0.05, 0.1) is 15.1 Å². The zero-order valence-corrected chi connectivity index (χ0v) is 19.3. The first-order valence-electron chi connectivity index (χ1n) is 9.31. The normalized spacial score (nSPS) is 13.4. The van der Waals surface area contributed by atoms with Gasteiger partial charge >= 0.3 is 0 Å². The van der Waals surface area contributed by atoms with Crippen molar-refractivity contribution in [2.24, 2.45) is 5.14 Å². The molecule has 3 aromatic carbocycles. The lowest BCUT2D eigenvalue weighted by molar-refractivity contribution is 0.591. The number of benzene rings is 3. The van der Waals surface area contributed by atoms with Crippen LogP contribution < -0.4 is 5.14 Å². The topological polar surface area (TPSA) is 107 Å². The third-order valence-corrected chi connectivity index (χ3v) is 8.34. The van der Waals surface area contributed by atoms with Crippen molar-refractivity contribution >= 4 is 41.4 Å². The number of sulfone groups is 1. The number of hydrogen-bond donors (Lipinski definition) is 1. The van der Waals surface area contributed by atoms with Gasteiger partial charge in [0.1, 0.15) is 10.3 Å². The quantitative estimate of drug-likeness (QED) is 0.471. The van der Waals surface area contributed by atoms with Crippen LogP contribution in [0.25, 0.3) is 20.8 Å². The Morgan fingerprint density at radius 1 is 0.871 bits per heavy atom. The van der Waals surface area contributed by atoms with Crippen molar-refractivity contribution < 1.29 is 16.8 Å². The van der Waals surface area contributed by atoms with Crippen molar-refractivity contribution in [1.29, 1.82) is 0 Å². The molecule has 160 valence electrons. The molecule has 1 unspecified atom stereocenters. The van der Waals surface area contributed by atoms with Crippen molar-refractivity contribution in [3.63, 3.8) is 0 Å². The van der Waals surface area contributed by atoms with Gasteiger partial charge in [0.15, 0.2) is 9.84 Å². The number of primary sulfonamides is 1. The van der Waals surface area contributed by atoms with Crippen molar-refractivity contribution in [2.45, 2.75) is 17.1 Å². The van der Waals surface area contributed by atoms with E-state index in [0.717, 1.165) is 32.6 Å². The highest BCUT2D eigenvalue weighted by atomic mass is 32.2. The molecule has 1 aromatic heterocycles. The van der Waals surface area contributed by atoms with Crippen LogP contribution in [0.1, 0.15) is 21.9 Å². The zero-order chi connectivity index (χ0) is 22.4. The summed E-state index contributed by atoms with van der Waals surface area (Å²) in [7, 11) is -7.37. The minimum atomic E-state index is -3.98. The molecule has 2 N–H and O–H groups in total. The zero-order valence-electron chi connectivity index (χ0n) is 16.8. The number of aryl methyl sites for hydroxylation is 1. The molecule has 0 fully saturated rings. The third kappa shape index (κ3) is 4.54. The fourth-order valence-corrected chi connectivity index (χ4v) is 6.19. The minimum Gasteiger partial charge on any atom is -0.236 e. The number of sulfonamides is 1. The average molecular weight is 473 g/mol. The van der Waals surface area contributed by atoms with E-state index in [0.29, 0.717) is 11.1 Å². The largest absolute Gasteiger partial charge is 0.236 e. The Bertz CT molecular complexity index is 1470. The lowest BCUT2D eigenvalue weighted by Gasteiger charge is -2.16. The number of aromatic nitrogens is 1. The van der Waals surface area contributed by atoms with Crippen molar-refractivity contribution in [1.82, 2.24) is 4.98 Å². The van der Waals surface area contributed by atoms with Crippen LogP contribution in [0, 0.1) is 6.92 Å². The predicted octanol–water partition coefficient (Wildman–Crippen LogP) is 4.05. The molecule has 0 saturated carbocycles. The Balaban J connectivity index is 1.71. The summed E-state index contributed by atoms with van der Waals surface area (Å²) in [6.45, 7) is 2.03. The molecule has 31 heavy (non-hydrogen) atoms. The standard InChI is InChI=1S/C22H20N2O4S3/c1-14-3-12-19-20(13-14)29-22(24-19)17-6-4-15(5-7-17)21(31(23,27)28)16-8-10-18(11-9-16)30(2,25)26/h3-13,21H,1-2H3,(H2,23,27,28). The highest BCUT2D eigenvalue weighted by molar-refractivity contribution is 7.90. The van der Waals surface area contributed by atoms with Crippen LogP contribution in [-0.4, -0.2) is 28.1 Å². The van der Waals surface area contributed by atoms with Crippen LogP contribution in [-0.2, 0) is 19.9 Å². The molecule has 6 nitrogen and oxygen atoms in total. The Kier molecular flexibility index (Phi) is 5.47. The van der Waals surface area contributed by atoms with Crippen LogP contribution in [0.2, 0.25) is 0 Å². The van der Waals surface area contributed by atoms with Gasteiger partial charge in [-0.2, -0.15) is 0 Å². The minimum absolute atomic E-state index is 0.117. The number of nitrogens with two attached hydrogens (primary N) is 1. The van der Waals surface area contributed by atoms with Gasteiger partial charge in [-0.25, -0.2) is 27.0 Å². The van der Waals surface area contributed by atoms with Gasteiger partial charge in [-0.3, -0.25) is 0 Å². The van der Waals surface area contributed by atoms with E-state index in [1.54, 1.807) is 23.5 Å². The number of fused-ring (bicyclic) bond motifs is 1. The molecule has 0 aliphatic carbocycles. The first-order valence-corrected chi connectivity index (χ1v) is 13.6. The van der Waals surface area contributed by atoms with E-state index >= 15 is 0 Å². The van der Waals surface area contributed by atoms with Gasteiger partial charge in [-0.1, -0.05) is 42.5 Å². The smallest absolute Gasteiger partial charge is 0.220 e. The summed E-state index contributed by atoms with van der Waals surface area (Å²) >= 11 is 1.57. The second-order valence-electron chi connectivity index (χ2n) is 7.42. The number of rotatable bonds is 5. The summed E-state index contributed by atoms with van der Waals surface area (Å²) < 4.78 is 49.2. The van der Waals surface area contributed by atoms with E-state index in [-0.39, 0.29) is 4.90 Å². The summed E-state index contributed by atoms with van der Waals surface area (Å²) in [5, 5.41) is 5.27. The van der Waals surface area contributed by atoms with Crippen LogP contribution in [0.3, 0.4) is 0 Å². The SMILES string of the molecule is Cc1ccc2nc(-c3ccc(C(c4ccc(S(C)(=O)=O)cc4)S(N)(=O)=O)cc3)sc2c1. The molecule has 9 heteroatoms. The lowest BCUT2D eigenvalue weighted by Crippen LogP contribution is -2.22. The first kappa shape index (κ1) is 21.6. The van der Waals surface area contributed by atoms with Crippen LogP contribution in [0.4, 0.5) is 0 Å². The average Bonchev–Trinajstić information content (AvgIpc) is 3.10. The van der Waals surface area contributed by atoms with Gasteiger partial charge in [-0.05, 0) is 47.9 Å². The summed E-state index contributed by atoms with van der Waals surface area (Å²) in [5.74, 6) is 0. The first-order chi connectivity index (χ1) is 14.5. The molecular formula is C22H20N2O4S3. The monoisotopic (exact) mass is 472 g/mol. The molecule has 1 heterocycles. The van der Waals surface area contributed by atoms with Gasteiger partial charge in [-0.15, -0.1) is 11.3 Å². The van der Waals surface area contributed by atoms with Gasteiger partial charge < -0.3 is 0 Å². The second-order valence-corrected chi connectivity index (χ2v) is 12.1. The third-order valence-electron chi connectivity index (χ3n) is 4.94. The van der Waals surface area contributed by atoms with Gasteiger partial charge in [0.25, 0.3) is 0 Å². The van der Waals surface area contributed by atoms with Crippen LogP contribution in [0.15, 0.2) is 71.6 Å². The number of thiazole rings is 1. The maximum Gasteiger partial charge on any atom is 0.220 e. The molecule has 0 radical (unpaired) electrons. The molecule has 4 rings (SSSR count). The highest BCUT2D eigenvalue weighted by Gasteiger charge is 2.26. The van der Waals surface area contributed by atoms with E-state index in [1.165, 1.54) is 24.3 Å². The fraction of sp³-hybridized carbons (Fsp3) is 0.136. The Hall–Kier alpha value is -2.59. The maximum absolute atomic E-state index is 12.4. The molecule has 0 aliphatic rings. The fourth-order valence-electron chi connectivity index (χ4n) is 3.42. The Labute approximate surface area is 185 Å². The van der Waals surface area contributed by atoms with Crippen molar-refractivity contribution in [3.8, 4) is 10.6 Å². The number of hydrogen-bond acceptors (Lipinski definition) is 6. The van der Waals surface area contributed by atoms with E-state index in [1.807, 2.05) is 31.2 Å². The maximum atomic E-state index is 12.4. The second kappa shape index (κ2) is 7.83.